The van der Waals surface area contributed by atoms with Gasteiger partial charge in [-0.3, -0.25) is 4.57 Å². The average Bonchev–Trinajstić information content (AvgIpc) is 2.78. The summed E-state index contributed by atoms with van der Waals surface area (Å²) in [6.07, 6.45) is 4.13. The van der Waals surface area contributed by atoms with Gasteiger partial charge in [0.2, 0.25) is 0 Å². The van der Waals surface area contributed by atoms with Crippen molar-refractivity contribution in [2.75, 3.05) is 0 Å². The monoisotopic (exact) mass is 214 g/mol. The third-order valence-corrected chi connectivity index (χ3v) is 1.94. The Morgan fingerprint density at radius 2 is 2.25 bits per heavy atom. The van der Waals surface area contributed by atoms with Gasteiger partial charge in [0, 0.05) is 12.4 Å². The number of carboxylic acids is 1. The zero-order chi connectivity index (χ0) is 11.5. The van der Waals surface area contributed by atoms with Gasteiger partial charge in [-0.2, -0.15) is 5.26 Å². The summed E-state index contributed by atoms with van der Waals surface area (Å²) in [6.45, 7) is 0. The van der Waals surface area contributed by atoms with Crippen LogP contribution in [0.2, 0.25) is 0 Å². The van der Waals surface area contributed by atoms with Crippen LogP contribution < -0.4 is 0 Å². The molecule has 16 heavy (non-hydrogen) atoms. The number of hydrogen-bond donors (Lipinski definition) is 1. The van der Waals surface area contributed by atoms with Gasteiger partial charge >= 0.3 is 5.97 Å². The molecule has 2 heterocycles. The van der Waals surface area contributed by atoms with Gasteiger partial charge in [-0.1, -0.05) is 0 Å². The van der Waals surface area contributed by atoms with E-state index in [1.165, 1.54) is 23.3 Å². The summed E-state index contributed by atoms with van der Waals surface area (Å²) in [5.74, 6) is -0.577. The second-order valence-corrected chi connectivity index (χ2v) is 2.99. The molecule has 6 heteroatoms. The van der Waals surface area contributed by atoms with E-state index in [0.29, 0.717) is 11.4 Å². The first-order valence-corrected chi connectivity index (χ1v) is 4.34. The van der Waals surface area contributed by atoms with E-state index in [9.17, 15) is 4.79 Å². The smallest absolute Gasteiger partial charge is 0.356 e. The number of nitrogens with zero attached hydrogens (tertiary/aromatic N) is 4. The third kappa shape index (κ3) is 1.74. The van der Waals surface area contributed by atoms with Gasteiger partial charge in [-0.05, 0) is 12.1 Å². The number of aromatic carboxylic acids is 1. The van der Waals surface area contributed by atoms with Crippen molar-refractivity contribution in [3.8, 4) is 11.9 Å². The molecule has 2 aromatic rings. The minimum Gasteiger partial charge on any atom is -0.476 e. The molecule has 6 nitrogen and oxygen atoms in total. The topological polar surface area (TPSA) is 91.8 Å². The molecule has 2 aromatic heterocycles. The van der Waals surface area contributed by atoms with Crippen LogP contribution in [0.15, 0.2) is 30.9 Å². The highest BCUT2D eigenvalue weighted by atomic mass is 16.4. The van der Waals surface area contributed by atoms with E-state index in [1.54, 1.807) is 12.1 Å². The van der Waals surface area contributed by atoms with E-state index >= 15 is 0 Å². The van der Waals surface area contributed by atoms with Crippen molar-refractivity contribution in [2.45, 2.75) is 0 Å². The van der Waals surface area contributed by atoms with Crippen LogP contribution in [0.5, 0.6) is 0 Å². The Morgan fingerprint density at radius 3 is 2.75 bits per heavy atom. The van der Waals surface area contributed by atoms with E-state index in [1.807, 2.05) is 6.07 Å². The molecule has 0 aromatic carbocycles. The number of aromatic nitrogens is 3. The molecule has 0 atom stereocenters. The lowest BCUT2D eigenvalue weighted by atomic mass is 10.3. The summed E-state index contributed by atoms with van der Waals surface area (Å²) in [4.78, 5) is 18.3. The van der Waals surface area contributed by atoms with Gasteiger partial charge in [0.25, 0.3) is 0 Å². The highest BCUT2D eigenvalue weighted by Crippen LogP contribution is 2.06. The van der Waals surface area contributed by atoms with Gasteiger partial charge in [-0.25, -0.2) is 14.8 Å². The van der Waals surface area contributed by atoms with Crippen LogP contribution in [0.1, 0.15) is 16.1 Å². The summed E-state index contributed by atoms with van der Waals surface area (Å²) in [6, 6.07) is 5.16. The Labute approximate surface area is 90.4 Å². The molecule has 0 amide bonds. The average molecular weight is 214 g/mol. The van der Waals surface area contributed by atoms with Gasteiger partial charge in [0.05, 0.1) is 5.56 Å². The van der Waals surface area contributed by atoms with E-state index in [0.717, 1.165) is 0 Å². The molecular formula is C10H6N4O2. The Morgan fingerprint density at radius 1 is 1.44 bits per heavy atom. The maximum Gasteiger partial charge on any atom is 0.356 e. The molecule has 0 aliphatic heterocycles. The molecule has 0 aliphatic carbocycles. The summed E-state index contributed by atoms with van der Waals surface area (Å²) in [5.41, 5.74) is 0.397. The number of carbonyl (C=O) groups is 1. The number of carboxylic acid groups (broad SMARTS) is 1. The van der Waals surface area contributed by atoms with Gasteiger partial charge in [-0.15, -0.1) is 0 Å². The quantitative estimate of drug-likeness (QED) is 0.799. The predicted molar refractivity (Wildman–Crippen MR) is 53.0 cm³/mol. The molecule has 2 rings (SSSR count). The maximum atomic E-state index is 10.6. The summed E-state index contributed by atoms with van der Waals surface area (Å²) >= 11 is 0. The van der Waals surface area contributed by atoms with Gasteiger partial charge in [0.15, 0.2) is 5.69 Å². The fourth-order valence-corrected chi connectivity index (χ4v) is 1.16. The molecule has 0 saturated carbocycles. The van der Waals surface area contributed by atoms with E-state index < -0.39 is 5.97 Å². The van der Waals surface area contributed by atoms with Crippen molar-refractivity contribution in [1.29, 1.82) is 5.26 Å². The number of imidazole rings is 1. The molecule has 0 saturated heterocycles. The first-order chi connectivity index (χ1) is 7.70. The van der Waals surface area contributed by atoms with Crippen molar-refractivity contribution in [3.05, 3.63) is 42.1 Å². The molecular weight excluding hydrogens is 208 g/mol. The van der Waals surface area contributed by atoms with Crippen LogP contribution in [0.3, 0.4) is 0 Å². The lowest BCUT2D eigenvalue weighted by molar-refractivity contribution is 0.0691. The predicted octanol–water partition coefficient (Wildman–Crippen LogP) is 0.837. The molecule has 78 valence electrons. The van der Waals surface area contributed by atoms with Crippen LogP contribution in [0.25, 0.3) is 5.82 Å². The first-order valence-electron chi connectivity index (χ1n) is 4.34. The Hall–Kier alpha value is -2.68. The van der Waals surface area contributed by atoms with Crippen LogP contribution in [0.4, 0.5) is 0 Å². The first kappa shape index (κ1) is 9.86. The van der Waals surface area contributed by atoms with Crippen LogP contribution in [-0.4, -0.2) is 25.6 Å². The number of hydrogen-bond acceptors (Lipinski definition) is 4. The molecule has 0 fully saturated rings. The fourth-order valence-electron chi connectivity index (χ4n) is 1.16. The maximum absolute atomic E-state index is 10.6. The Kier molecular flexibility index (Phi) is 2.36. The summed E-state index contributed by atoms with van der Waals surface area (Å²) < 4.78 is 1.48. The number of rotatable bonds is 2. The lowest BCUT2D eigenvalue weighted by Crippen LogP contribution is -1.97. The lowest BCUT2D eigenvalue weighted by Gasteiger charge is -1.98. The summed E-state index contributed by atoms with van der Waals surface area (Å²) in [7, 11) is 0. The van der Waals surface area contributed by atoms with Crippen molar-refractivity contribution < 1.29 is 9.90 Å². The van der Waals surface area contributed by atoms with Crippen LogP contribution in [-0.2, 0) is 0 Å². The van der Waals surface area contributed by atoms with E-state index in [2.05, 4.69) is 9.97 Å². The molecule has 0 unspecified atom stereocenters. The second-order valence-electron chi connectivity index (χ2n) is 2.99. The molecule has 0 spiro atoms. The largest absolute Gasteiger partial charge is 0.476 e. The molecule has 0 bridgehead atoms. The van der Waals surface area contributed by atoms with E-state index in [4.69, 9.17) is 10.4 Å². The SMILES string of the molecule is N#Cc1ccc(-n2cnc(C(=O)O)c2)nc1. The standard InChI is InChI=1S/C10H6N4O2/c11-3-7-1-2-9(12-4-7)14-5-8(10(15)16)13-6-14/h1-2,4-6H,(H,15,16). The fraction of sp³-hybridized carbons (Fsp3) is 0. The highest BCUT2D eigenvalue weighted by Gasteiger charge is 2.07. The normalized spacial score (nSPS) is 9.69. The minimum atomic E-state index is -1.09. The second kappa shape index (κ2) is 3.82. The molecule has 1 N–H and O–H groups in total. The highest BCUT2D eigenvalue weighted by molar-refractivity contribution is 5.85. The zero-order valence-electron chi connectivity index (χ0n) is 8.03. The van der Waals surface area contributed by atoms with Crippen molar-refractivity contribution in [1.82, 2.24) is 14.5 Å². The summed E-state index contributed by atoms with van der Waals surface area (Å²) in [5, 5.41) is 17.3. The number of nitriles is 1. The number of pyridine rings is 1. The van der Waals surface area contributed by atoms with Crippen molar-refractivity contribution >= 4 is 5.97 Å². The van der Waals surface area contributed by atoms with E-state index in [-0.39, 0.29) is 5.69 Å². The molecule has 0 radical (unpaired) electrons. The zero-order valence-corrected chi connectivity index (χ0v) is 8.03. The van der Waals surface area contributed by atoms with Crippen molar-refractivity contribution in [3.63, 3.8) is 0 Å². The Bertz CT molecular complexity index is 565. The molecule has 0 aliphatic rings. The van der Waals surface area contributed by atoms with Crippen LogP contribution in [0, 0.1) is 11.3 Å². The van der Waals surface area contributed by atoms with Crippen LogP contribution >= 0.6 is 0 Å². The Balaban J connectivity index is 2.36. The minimum absolute atomic E-state index is 0.0499. The van der Waals surface area contributed by atoms with Gasteiger partial charge in [0.1, 0.15) is 18.2 Å². The third-order valence-electron chi connectivity index (χ3n) is 1.94. The van der Waals surface area contributed by atoms with Gasteiger partial charge < -0.3 is 5.11 Å². The van der Waals surface area contributed by atoms with Crippen molar-refractivity contribution in [2.24, 2.45) is 0 Å².